The first kappa shape index (κ1) is 13.4. The van der Waals surface area contributed by atoms with Crippen molar-refractivity contribution in [3.8, 4) is 5.75 Å². The number of rotatable bonds is 5. The van der Waals surface area contributed by atoms with Gasteiger partial charge in [0.05, 0.1) is 6.54 Å². The van der Waals surface area contributed by atoms with Crippen LogP contribution in [0.2, 0.25) is 5.02 Å². The minimum atomic E-state index is -0.147. The van der Waals surface area contributed by atoms with Gasteiger partial charge < -0.3 is 9.30 Å². The number of carbonyl (C=O) groups excluding carboxylic acids is 1. The summed E-state index contributed by atoms with van der Waals surface area (Å²) in [5, 5.41) is 3.33. The van der Waals surface area contributed by atoms with Gasteiger partial charge in [0.15, 0.2) is 0 Å². The quantitative estimate of drug-likeness (QED) is 0.915. The third-order valence-corrected chi connectivity index (χ3v) is 2.67. The van der Waals surface area contributed by atoms with Crippen LogP contribution >= 0.6 is 11.6 Å². The van der Waals surface area contributed by atoms with Crippen LogP contribution in [-0.4, -0.2) is 22.1 Å². The van der Waals surface area contributed by atoms with Crippen molar-refractivity contribution in [1.82, 2.24) is 9.55 Å². The van der Waals surface area contributed by atoms with Crippen LogP contribution in [0.5, 0.6) is 5.75 Å². The van der Waals surface area contributed by atoms with Gasteiger partial charge in [-0.2, -0.15) is 0 Å². The summed E-state index contributed by atoms with van der Waals surface area (Å²) < 4.78 is 7.39. The van der Waals surface area contributed by atoms with Crippen molar-refractivity contribution >= 4 is 23.5 Å². The molecule has 0 aliphatic rings. The first-order valence-electron chi connectivity index (χ1n) is 5.82. The van der Waals surface area contributed by atoms with Crippen molar-refractivity contribution in [3.63, 3.8) is 0 Å². The molecule has 0 saturated carbocycles. The highest BCUT2D eigenvalue weighted by atomic mass is 35.5. The second-order valence-electron chi connectivity index (χ2n) is 3.93. The van der Waals surface area contributed by atoms with Crippen molar-refractivity contribution in [2.24, 2.45) is 0 Å². The van der Waals surface area contributed by atoms with E-state index in [0.717, 1.165) is 5.75 Å². The first-order valence-corrected chi connectivity index (χ1v) is 6.20. The maximum absolute atomic E-state index is 11.0. The summed E-state index contributed by atoms with van der Waals surface area (Å²) in [6.07, 6.45) is 3.42. The third-order valence-electron chi connectivity index (χ3n) is 2.42. The predicted octanol–water partition coefficient (Wildman–Crippen LogP) is 2.57. The lowest BCUT2D eigenvalue weighted by Crippen LogP contribution is -2.14. The molecule has 19 heavy (non-hydrogen) atoms. The molecule has 1 N–H and O–H groups in total. The highest BCUT2D eigenvalue weighted by molar-refractivity contribution is 6.30. The van der Waals surface area contributed by atoms with E-state index >= 15 is 0 Å². The van der Waals surface area contributed by atoms with E-state index in [1.165, 1.54) is 6.92 Å². The Hall–Kier alpha value is -2.01. The Labute approximate surface area is 116 Å². The van der Waals surface area contributed by atoms with Crippen LogP contribution in [-0.2, 0) is 11.3 Å². The second kappa shape index (κ2) is 6.24. The number of aromatic nitrogens is 2. The van der Waals surface area contributed by atoms with E-state index in [4.69, 9.17) is 16.3 Å². The van der Waals surface area contributed by atoms with Gasteiger partial charge in [-0.1, -0.05) is 11.6 Å². The summed E-state index contributed by atoms with van der Waals surface area (Å²) in [5.41, 5.74) is 0. The third kappa shape index (κ3) is 3.99. The molecule has 0 saturated heterocycles. The number of benzene rings is 1. The van der Waals surface area contributed by atoms with Crippen molar-refractivity contribution in [3.05, 3.63) is 41.7 Å². The van der Waals surface area contributed by atoms with Gasteiger partial charge in [0.25, 0.3) is 0 Å². The van der Waals surface area contributed by atoms with E-state index in [2.05, 4.69) is 10.3 Å². The zero-order valence-corrected chi connectivity index (χ0v) is 11.2. The summed E-state index contributed by atoms with van der Waals surface area (Å²) in [7, 11) is 0. The first-order chi connectivity index (χ1) is 9.15. The highest BCUT2D eigenvalue weighted by Gasteiger charge is 2.04. The van der Waals surface area contributed by atoms with Crippen molar-refractivity contribution < 1.29 is 9.53 Å². The number of halogens is 1. The molecule has 0 unspecified atom stereocenters. The highest BCUT2D eigenvalue weighted by Crippen LogP contribution is 2.15. The molecule has 100 valence electrons. The molecule has 1 amide bonds. The number of anilines is 1. The topological polar surface area (TPSA) is 56.2 Å². The van der Waals surface area contributed by atoms with E-state index in [1.54, 1.807) is 24.5 Å². The molecule has 2 rings (SSSR count). The van der Waals surface area contributed by atoms with E-state index < -0.39 is 0 Å². The number of amides is 1. The van der Waals surface area contributed by atoms with Crippen LogP contribution in [0.25, 0.3) is 0 Å². The summed E-state index contributed by atoms with van der Waals surface area (Å²) >= 11 is 5.79. The Morgan fingerprint density at radius 3 is 2.84 bits per heavy atom. The molecule has 0 fully saturated rings. The van der Waals surface area contributed by atoms with Crippen molar-refractivity contribution in [2.75, 3.05) is 11.9 Å². The van der Waals surface area contributed by atoms with E-state index in [0.29, 0.717) is 24.1 Å². The summed E-state index contributed by atoms with van der Waals surface area (Å²) in [6.45, 7) is 2.52. The lowest BCUT2D eigenvalue weighted by atomic mass is 10.3. The number of ether oxygens (including phenoxy) is 1. The molecule has 1 aromatic heterocycles. The van der Waals surface area contributed by atoms with Crippen LogP contribution in [0.15, 0.2) is 36.7 Å². The van der Waals surface area contributed by atoms with E-state index in [9.17, 15) is 4.79 Å². The fourth-order valence-corrected chi connectivity index (χ4v) is 1.69. The molecule has 0 atom stereocenters. The molecule has 1 aromatic carbocycles. The zero-order valence-electron chi connectivity index (χ0n) is 10.5. The maximum Gasteiger partial charge on any atom is 0.223 e. The minimum absolute atomic E-state index is 0.147. The molecule has 0 aliphatic heterocycles. The van der Waals surface area contributed by atoms with Gasteiger partial charge in [0.2, 0.25) is 11.9 Å². The summed E-state index contributed by atoms with van der Waals surface area (Å²) in [5.74, 6) is 1.13. The van der Waals surface area contributed by atoms with Crippen LogP contribution in [0.4, 0.5) is 5.95 Å². The second-order valence-corrected chi connectivity index (χ2v) is 4.36. The average Bonchev–Trinajstić information content (AvgIpc) is 2.78. The minimum Gasteiger partial charge on any atom is -0.492 e. The maximum atomic E-state index is 11.0. The van der Waals surface area contributed by atoms with Gasteiger partial charge in [-0.05, 0) is 24.3 Å². The average molecular weight is 280 g/mol. The van der Waals surface area contributed by atoms with Crippen LogP contribution in [0.3, 0.4) is 0 Å². The molecule has 1 heterocycles. The van der Waals surface area contributed by atoms with Crippen LogP contribution in [0.1, 0.15) is 6.92 Å². The SMILES string of the molecule is CC(=O)Nc1nccn1CCOc1ccc(Cl)cc1. The van der Waals surface area contributed by atoms with Gasteiger partial charge in [0.1, 0.15) is 12.4 Å². The Morgan fingerprint density at radius 1 is 1.42 bits per heavy atom. The molecule has 2 aromatic rings. The van der Waals surface area contributed by atoms with Crippen LogP contribution in [0, 0.1) is 0 Å². The lowest BCUT2D eigenvalue weighted by molar-refractivity contribution is -0.114. The van der Waals surface area contributed by atoms with Gasteiger partial charge in [-0.3, -0.25) is 10.1 Å². The normalized spacial score (nSPS) is 10.2. The smallest absolute Gasteiger partial charge is 0.223 e. The number of nitrogens with one attached hydrogen (secondary N) is 1. The Kier molecular flexibility index (Phi) is 4.41. The van der Waals surface area contributed by atoms with Crippen LogP contribution < -0.4 is 10.1 Å². The lowest BCUT2D eigenvalue weighted by Gasteiger charge is -2.09. The zero-order chi connectivity index (χ0) is 13.7. The summed E-state index contributed by atoms with van der Waals surface area (Å²) in [4.78, 5) is 15.0. The van der Waals surface area contributed by atoms with E-state index in [-0.39, 0.29) is 5.91 Å². The van der Waals surface area contributed by atoms with Gasteiger partial charge in [0, 0.05) is 24.3 Å². The molecule has 5 nitrogen and oxygen atoms in total. The Morgan fingerprint density at radius 2 is 2.16 bits per heavy atom. The van der Waals surface area contributed by atoms with E-state index in [1.807, 2.05) is 16.7 Å². The Bertz CT molecular complexity index is 551. The van der Waals surface area contributed by atoms with Gasteiger partial charge in [-0.25, -0.2) is 4.98 Å². The molecular weight excluding hydrogens is 266 g/mol. The molecule has 0 radical (unpaired) electrons. The molecule has 0 bridgehead atoms. The fourth-order valence-electron chi connectivity index (χ4n) is 1.56. The van der Waals surface area contributed by atoms with Gasteiger partial charge >= 0.3 is 0 Å². The molecule has 6 heteroatoms. The van der Waals surface area contributed by atoms with Crippen molar-refractivity contribution in [1.29, 1.82) is 0 Å². The summed E-state index contributed by atoms with van der Waals surface area (Å²) in [6, 6.07) is 7.17. The Balaban J connectivity index is 1.87. The molecule has 0 aliphatic carbocycles. The monoisotopic (exact) mass is 279 g/mol. The molecular formula is C13H14ClN3O2. The number of carbonyl (C=O) groups is 1. The number of hydrogen-bond donors (Lipinski definition) is 1. The molecule has 0 spiro atoms. The largest absolute Gasteiger partial charge is 0.492 e. The van der Waals surface area contributed by atoms with Crippen molar-refractivity contribution in [2.45, 2.75) is 13.5 Å². The number of imidazole rings is 1. The predicted molar refractivity (Wildman–Crippen MR) is 73.5 cm³/mol. The number of nitrogens with zero attached hydrogens (tertiary/aromatic N) is 2. The standard InChI is InChI=1S/C13H14ClN3O2/c1-10(18)16-13-15-6-7-17(13)8-9-19-12-4-2-11(14)3-5-12/h2-7H,8-9H2,1H3,(H,15,16,18). The number of hydrogen-bond acceptors (Lipinski definition) is 3. The fraction of sp³-hybridized carbons (Fsp3) is 0.231. The van der Waals surface area contributed by atoms with Gasteiger partial charge in [-0.15, -0.1) is 0 Å².